The van der Waals surface area contributed by atoms with E-state index in [9.17, 15) is 0 Å². The van der Waals surface area contributed by atoms with Gasteiger partial charge in [0.05, 0.1) is 11.4 Å². The second-order valence-electron chi connectivity index (χ2n) is 15.7. The zero-order valence-electron chi connectivity index (χ0n) is 33.7. The highest BCUT2D eigenvalue weighted by molar-refractivity contribution is 5.98. The van der Waals surface area contributed by atoms with E-state index >= 15 is 0 Å². The second-order valence-corrected chi connectivity index (χ2v) is 15.7. The fraction of sp³-hybridized carbons (Fsp3) is 0. The quantitative estimate of drug-likeness (QED) is 0.160. The Labute approximate surface area is 360 Å². The Morgan fingerprint density at radius 3 is 1.45 bits per heavy atom. The van der Waals surface area contributed by atoms with Crippen molar-refractivity contribution < 1.29 is 9.47 Å². The van der Waals surface area contributed by atoms with Crippen LogP contribution in [0.5, 0.6) is 23.0 Å². The predicted molar refractivity (Wildman–Crippen MR) is 255 cm³/mol. The average Bonchev–Trinajstić information content (AvgIpc) is 3.35. The molecule has 2 aliphatic rings. The summed E-state index contributed by atoms with van der Waals surface area (Å²) in [5.74, 6) is 3.18. The van der Waals surface area contributed by atoms with Crippen molar-refractivity contribution in [3.05, 3.63) is 231 Å². The highest BCUT2D eigenvalue weighted by Gasteiger charge is 2.36. The molecule has 4 nitrogen and oxygen atoms in total. The number of anilines is 6. The molecule has 10 aromatic rings. The Bertz CT molecular complexity index is 3280. The van der Waals surface area contributed by atoms with Gasteiger partial charge in [0.25, 0.3) is 0 Å². The van der Waals surface area contributed by atoms with Crippen LogP contribution in [0.25, 0.3) is 55.3 Å². The van der Waals surface area contributed by atoms with Gasteiger partial charge in [-0.2, -0.15) is 0 Å². The van der Waals surface area contributed by atoms with Crippen LogP contribution in [0.4, 0.5) is 34.1 Å². The van der Waals surface area contributed by atoms with Gasteiger partial charge >= 0.3 is 0 Å². The molecule has 62 heavy (non-hydrogen) atoms. The summed E-state index contributed by atoms with van der Waals surface area (Å²) < 4.78 is 13.2. The zero-order chi connectivity index (χ0) is 41.0. The molecule has 0 aliphatic carbocycles. The highest BCUT2D eigenvalue weighted by atomic mass is 16.5. The van der Waals surface area contributed by atoms with E-state index in [1.807, 2.05) is 36.4 Å². The molecule has 0 bridgehead atoms. The third kappa shape index (κ3) is 6.16. The smallest absolute Gasteiger partial charge is 0.163 e. The fourth-order valence-electron chi connectivity index (χ4n) is 8.96. The monoisotopic (exact) mass is 794 g/mol. The lowest BCUT2D eigenvalue weighted by Gasteiger charge is -2.38. The largest absolute Gasteiger partial charge is 0.453 e. The van der Waals surface area contributed by atoms with Crippen LogP contribution < -0.4 is 19.3 Å². The highest BCUT2D eigenvalue weighted by Crippen LogP contribution is 2.61. The lowest BCUT2D eigenvalue weighted by molar-refractivity contribution is 0.447. The number of benzene rings is 10. The van der Waals surface area contributed by atoms with Crippen LogP contribution >= 0.6 is 0 Å². The van der Waals surface area contributed by atoms with E-state index in [0.717, 1.165) is 79.4 Å². The number of rotatable bonds is 7. The summed E-state index contributed by atoms with van der Waals surface area (Å²) >= 11 is 0. The normalized spacial score (nSPS) is 12.1. The summed E-state index contributed by atoms with van der Waals surface area (Å²) in [6.45, 7) is 0. The van der Waals surface area contributed by atoms with Crippen molar-refractivity contribution in [3.8, 4) is 67.5 Å². The Kier molecular flexibility index (Phi) is 8.46. The second kappa shape index (κ2) is 14.7. The van der Waals surface area contributed by atoms with Gasteiger partial charge in [-0.05, 0) is 135 Å². The van der Waals surface area contributed by atoms with Crippen molar-refractivity contribution >= 4 is 44.9 Å². The minimum absolute atomic E-state index is 0.770. The summed E-state index contributed by atoms with van der Waals surface area (Å²) in [4.78, 5) is 4.60. The van der Waals surface area contributed by atoms with Gasteiger partial charge in [0.2, 0.25) is 0 Å². The van der Waals surface area contributed by atoms with Gasteiger partial charge in [-0.25, -0.2) is 0 Å². The zero-order valence-corrected chi connectivity index (χ0v) is 33.7. The summed E-state index contributed by atoms with van der Waals surface area (Å²) in [5, 5.41) is 2.48. The minimum atomic E-state index is 0.770. The molecule has 0 fully saturated rings. The van der Waals surface area contributed by atoms with Gasteiger partial charge in [0, 0.05) is 22.6 Å². The summed E-state index contributed by atoms with van der Waals surface area (Å²) in [6.07, 6.45) is 0. The van der Waals surface area contributed by atoms with E-state index in [1.165, 1.54) is 33.0 Å². The van der Waals surface area contributed by atoms with Crippen molar-refractivity contribution in [1.82, 2.24) is 0 Å². The molecule has 0 amide bonds. The van der Waals surface area contributed by atoms with Gasteiger partial charge in [-0.15, -0.1) is 0 Å². The number of ether oxygens (including phenoxy) is 2. The maximum absolute atomic E-state index is 6.75. The maximum atomic E-state index is 6.75. The third-order valence-corrected chi connectivity index (χ3v) is 12.0. The number of para-hydroxylation sites is 4. The molecule has 0 radical (unpaired) electrons. The van der Waals surface area contributed by atoms with Crippen LogP contribution in [-0.4, -0.2) is 0 Å². The molecule has 0 atom stereocenters. The average molecular weight is 795 g/mol. The van der Waals surface area contributed by atoms with E-state index in [1.54, 1.807) is 0 Å². The molecule has 2 heterocycles. The van der Waals surface area contributed by atoms with E-state index < -0.39 is 0 Å². The summed E-state index contributed by atoms with van der Waals surface area (Å²) in [6, 6.07) is 81.6. The third-order valence-electron chi connectivity index (χ3n) is 12.0. The minimum Gasteiger partial charge on any atom is -0.453 e. The lowest BCUT2D eigenvalue weighted by Crippen LogP contribution is -2.20. The molecule has 10 aromatic carbocycles. The Morgan fingerprint density at radius 1 is 0.306 bits per heavy atom. The topological polar surface area (TPSA) is 24.9 Å². The molecular weight excluding hydrogens is 757 g/mol. The van der Waals surface area contributed by atoms with Crippen molar-refractivity contribution in [1.29, 1.82) is 0 Å². The van der Waals surface area contributed by atoms with E-state index in [-0.39, 0.29) is 0 Å². The SMILES string of the molecule is c1ccc(-c2ccc(N(c3ccc(-c4cccc(-c5ccc6c7c5Oc5ccccc5N7c5ccccc5O6)c4)cc3)c3ccc(-c4ccc5ccccc5c4)cc3)cc2)cc1. The number of hydrogen-bond donors (Lipinski definition) is 0. The predicted octanol–water partition coefficient (Wildman–Crippen LogP) is 16.7. The maximum Gasteiger partial charge on any atom is 0.163 e. The van der Waals surface area contributed by atoms with Crippen molar-refractivity contribution in [2.24, 2.45) is 0 Å². The van der Waals surface area contributed by atoms with Gasteiger partial charge in [0.1, 0.15) is 5.69 Å². The van der Waals surface area contributed by atoms with Crippen LogP contribution in [0.2, 0.25) is 0 Å². The molecule has 12 rings (SSSR count). The number of fused-ring (bicyclic) bond motifs is 5. The first-order valence-corrected chi connectivity index (χ1v) is 21.0. The Hall–Kier alpha value is -8.34. The molecule has 0 unspecified atom stereocenters. The van der Waals surface area contributed by atoms with Gasteiger partial charge in [-0.1, -0.05) is 146 Å². The van der Waals surface area contributed by atoms with Crippen molar-refractivity contribution in [3.63, 3.8) is 0 Å². The van der Waals surface area contributed by atoms with Crippen LogP contribution in [0.3, 0.4) is 0 Å². The lowest BCUT2D eigenvalue weighted by atomic mass is 9.96. The number of hydrogen-bond acceptors (Lipinski definition) is 4. The molecule has 292 valence electrons. The van der Waals surface area contributed by atoms with E-state index in [2.05, 4.69) is 204 Å². The van der Waals surface area contributed by atoms with Crippen molar-refractivity contribution in [2.45, 2.75) is 0 Å². The molecule has 2 aliphatic heterocycles. The molecule has 0 spiro atoms. The molecule has 0 N–H and O–H groups in total. The summed E-state index contributed by atoms with van der Waals surface area (Å²) in [5.41, 5.74) is 15.2. The number of nitrogens with zero attached hydrogens (tertiary/aromatic N) is 2. The van der Waals surface area contributed by atoms with Crippen molar-refractivity contribution in [2.75, 3.05) is 9.80 Å². The van der Waals surface area contributed by atoms with Crippen LogP contribution in [0.1, 0.15) is 0 Å². The molecular formula is C58H38N2O2. The molecule has 4 heteroatoms. The first-order chi connectivity index (χ1) is 30.7. The molecule has 0 saturated carbocycles. The Balaban J connectivity index is 0.897. The Morgan fingerprint density at radius 2 is 0.790 bits per heavy atom. The fourth-order valence-corrected chi connectivity index (χ4v) is 8.96. The van der Waals surface area contributed by atoms with Crippen LogP contribution in [-0.2, 0) is 0 Å². The first kappa shape index (κ1) is 35.6. The van der Waals surface area contributed by atoms with E-state index in [4.69, 9.17) is 9.47 Å². The summed E-state index contributed by atoms with van der Waals surface area (Å²) in [7, 11) is 0. The first-order valence-electron chi connectivity index (χ1n) is 21.0. The van der Waals surface area contributed by atoms with Gasteiger partial charge in [-0.3, -0.25) is 4.90 Å². The standard InChI is InChI=1S/C58H38N2O2/c1-2-11-39(12-3-1)41-23-29-48(30-24-41)59(50-33-27-43(28-34-50)46-22-21-40-13-4-5-14-44(40)37-46)49-31-25-42(26-32-49)45-15-10-16-47(38-45)51-35-36-56-57-58(51)62-55-20-9-7-18-53(55)60(57)52-17-6-8-19-54(52)61-56/h1-38H. The van der Waals surface area contributed by atoms with Crippen LogP contribution in [0.15, 0.2) is 231 Å². The van der Waals surface area contributed by atoms with Crippen LogP contribution in [0, 0.1) is 0 Å². The van der Waals surface area contributed by atoms with Gasteiger partial charge < -0.3 is 14.4 Å². The van der Waals surface area contributed by atoms with E-state index in [0.29, 0.717) is 0 Å². The molecule has 0 saturated heterocycles. The van der Waals surface area contributed by atoms with Gasteiger partial charge in [0.15, 0.2) is 23.0 Å². The molecule has 0 aromatic heterocycles.